The van der Waals surface area contributed by atoms with E-state index in [1.54, 1.807) is 0 Å². The van der Waals surface area contributed by atoms with Crippen molar-refractivity contribution in [3.05, 3.63) is 56.7 Å². The molecule has 2 rings (SSSR count). The van der Waals surface area contributed by atoms with Gasteiger partial charge in [0.25, 0.3) is 5.56 Å². The van der Waals surface area contributed by atoms with Crippen LogP contribution in [0.4, 0.5) is 11.5 Å². The molecule has 1 heterocycles. The fourth-order valence-electron chi connectivity index (χ4n) is 2.65. The van der Waals surface area contributed by atoms with Crippen LogP contribution in [0.1, 0.15) is 25.3 Å². The fraction of sp³-hybridized carbons (Fsp3) is 0.389. The molecule has 0 aliphatic carbocycles. The van der Waals surface area contributed by atoms with Gasteiger partial charge in [-0.15, -0.1) is 0 Å². The Morgan fingerprint density at radius 2 is 1.96 bits per heavy atom. The summed E-state index contributed by atoms with van der Waals surface area (Å²) in [6.45, 7) is 2.48. The van der Waals surface area contributed by atoms with Crippen LogP contribution in [0.25, 0.3) is 0 Å². The summed E-state index contributed by atoms with van der Waals surface area (Å²) < 4.78 is 6.29. The molecule has 0 aliphatic rings. The molecule has 0 aliphatic heterocycles. The molecule has 2 aromatic rings. The highest BCUT2D eigenvalue weighted by Gasteiger charge is 2.23. The second-order valence-corrected chi connectivity index (χ2v) is 5.85. The van der Waals surface area contributed by atoms with Gasteiger partial charge in [-0.2, -0.15) is 0 Å². The van der Waals surface area contributed by atoms with E-state index >= 15 is 0 Å². The molecule has 0 spiro atoms. The summed E-state index contributed by atoms with van der Waals surface area (Å²) in [7, 11) is 1.51. The molecule has 0 fully saturated rings. The lowest BCUT2D eigenvalue weighted by atomic mass is 10.2. The molecule has 1 amide bonds. The maximum Gasteiger partial charge on any atom is 0.330 e. The third kappa shape index (κ3) is 4.40. The Labute approximate surface area is 151 Å². The Hall–Kier alpha value is -2.87. The molecule has 26 heavy (non-hydrogen) atoms. The van der Waals surface area contributed by atoms with Crippen molar-refractivity contribution in [3.8, 4) is 0 Å². The summed E-state index contributed by atoms with van der Waals surface area (Å²) in [5.41, 5.74) is 5.68. The first-order valence-electron chi connectivity index (χ1n) is 8.45. The Morgan fingerprint density at radius 1 is 1.27 bits per heavy atom. The molecule has 0 atom stereocenters. The first kappa shape index (κ1) is 19.5. The number of nitrogens with zero attached hydrogens (tertiary/aromatic N) is 2. The summed E-state index contributed by atoms with van der Waals surface area (Å²) in [5.74, 6) is -0.283. The fourth-order valence-corrected chi connectivity index (χ4v) is 2.65. The molecule has 0 radical (unpaired) electrons. The molecule has 1 aromatic heterocycles. The van der Waals surface area contributed by atoms with Gasteiger partial charge < -0.3 is 15.4 Å². The summed E-state index contributed by atoms with van der Waals surface area (Å²) >= 11 is 0. The predicted molar refractivity (Wildman–Crippen MR) is 100 cm³/mol. The van der Waals surface area contributed by atoms with Gasteiger partial charge in [0.05, 0.1) is 13.2 Å². The van der Waals surface area contributed by atoms with E-state index in [4.69, 9.17) is 10.5 Å². The van der Waals surface area contributed by atoms with Crippen LogP contribution in [-0.4, -0.2) is 35.7 Å². The van der Waals surface area contributed by atoms with Crippen molar-refractivity contribution in [2.75, 3.05) is 30.9 Å². The number of anilines is 2. The van der Waals surface area contributed by atoms with Crippen molar-refractivity contribution >= 4 is 17.4 Å². The zero-order valence-corrected chi connectivity index (χ0v) is 15.0. The van der Waals surface area contributed by atoms with E-state index in [0.29, 0.717) is 6.42 Å². The van der Waals surface area contributed by atoms with E-state index in [9.17, 15) is 14.4 Å². The maximum atomic E-state index is 12.5. The highest BCUT2D eigenvalue weighted by molar-refractivity contribution is 5.95. The number of H-pyrrole nitrogens is 1. The van der Waals surface area contributed by atoms with Crippen LogP contribution in [0.15, 0.2) is 39.9 Å². The zero-order valence-electron chi connectivity index (χ0n) is 15.0. The van der Waals surface area contributed by atoms with Gasteiger partial charge in [0.15, 0.2) is 5.69 Å². The minimum atomic E-state index is -0.683. The first-order valence-corrected chi connectivity index (χ1v) is 8.45. The van der Waals surface area contributed by atoms with Crippen molar-refractivity contribution in [2.24, 2.45) is 0 Å². The van der Waals surface area contributed by atoms with Crippen LogP contribution >= 0.6 is 0 Å². The van der Waals surface area contributed by atoms with E-state index in [0.717, 1.165) is 5.56 Å². The van der Waals surface area contributed by atoms with Gasteiger partial charge in [-0.3, -0.25) is 19.1 Å². The number of ether oxygens (including phenoxy) is 1. The van der Waals surface area contributed by atoms with Crippen LogP contribution in [0.2, 0.25) is 0 Å². The lowest BCUT2D eigenvalue weighted by molar-refractivity contribution is -0.118. The quantitative estimate of drug-likeness (QED) is 0.728. The average molecular weight is 360 g/mol. The van der Waals surface area contributed by atoms with Crippen molar-refractivity contribution in [2.45, 2.75) is 26.3 Å². The average Bonchev–Trinajstić information content (AvgIpc) is 2.62. The summed E-state index contributed by atoms with van der Waals surface area (Å²) in [4.78, 5) is 40.7. The van der Waals surface area contributed by atoms with E-state index < -0.39 is 11.2 Å². The van der Waals surface area contributed by atoms with Crippen molar-refractivity contribution in [1.29, 1.82) is 0 Å². The minimum Gasteiger partial charge on any atom is -0.383 e. The van der Waals surface area contributed by atoms with Gasteiger partial charge in [-0.1, -0.05) is 37.3 Å². The third-order valence-electron chi connectivity index (χ3n) is 3.95. The molecular formula is C18H24N4O4. The number of rotatable bonds is 8. The monoisotopic (exact) mass is 360 g/mol. The summed E-state index contributed by atoms with van der Waals surface area (Å²) in [6.07, 6.45) is 0.893. The standard InChI is InChI=1S/C18H24N4O4/c1-3-7-14(23)21(10-11-26-2)15-16(19)22(18(25)20-17(15)24)12-13-8-5-4-6-9-13/h4-6,8-9H,3,7,10-12,19H2,1-2H3,(H,20,24,25). The van der Waals surface area contributed by atoms with E-state index in [-0.39, 0.29) is 43.5 Å². The van der Waals surface area contributed by atoms with Gasteiger partial charge >= 0.3 is 5.69 Å². The number of aromatic nitrogens is 2. The number of nitrogens with two attached hydrogens (primary N) is 1. The van der Waals surface area contributed by atoms with Crippen LogP contribution in [0.5, 0.6) is 0 Å². The number of hydrogen-bond acceptors (Lipinski definition) is 5. The molecule has 0 unspecified atom stereocenters. The molecule has 3 N–H and O–H groups in total. The summed E-state index contributed by atoms with van der Waals surface area (Å²) in [6, 6.07) is 9.25. The highest BCUT2D eigenvalue weighted by Crippen LogP contribution is 2.19. The number of benzene rings is 1. The molecular weight excluding hydrogens is 336 g/mol. The molecule has 8 nitrogen and oxygen atoms in total. The molecule has 0 saturated carbocycles. The van der Waals surface area contributed by atoms with Gasteiger partial charge in [0, 0.05) is 20.1 Å². The zero-order chi connectivity index (χ0) is 19.1. The lowest BCUT2D eigenvalue weighted by Gasteiger charge is -2.24. The SMILES string of the molecule is CCCC(=O)N(CCOC)c1c(N)n(Cc2ccccc2)c(=O)[nH]c1=O. The number of carbonyl (C=O) groups is 1. The Balaban J connectivity index is 2.52. The van der Waals surface area contributed by atoms with Crippen molar-refractivity contribution < 1.29 is 9.53 Å². The van der Waals surface area contributed by atoms with Crippen LogP contribution in [0, 0.1) is 0 Å². The molecule has 0 bridgehead atoms. The third-order valence-corrected chi connectivity index (χ3v) is 3.95. The normalized spacial score (nSPS) is 10.7. The lowest BCUT2D eigenvalue weighted by Crippen LogP contribution is -2.42. The summed E-state index contributed by atoms with van der Waals surface area (Å²) in [5, 5.41) is 0. The van der Waals surface area contributed by atoms with Gasteiger partial charge in [-0.05, 0) is 12.0 Å². The first-order chi connectivity index (χ1) is 12.5. The van der Waals surface area contributed by atoms with E-state index in [1.165, 1.54) is 16.6 Å². The smallest absolute Gasteiger partial charge is 0.330 e. The van der Waals surface area contributed by atoms with E-state index in [2.05, 4.69) is 4.98 Å². The largest absolute Gasteiger partial charge is 0.383 e. The van der Waals surface area contributed by atoms with Crippen LogP contribution < -0.4 is 21.9 Å². The molecule has 8 heteroatoms. The van der Waals surface area contributed by atoms with E-state index in [1.807, 2.05) is 37.3 Å². The number of methoxy groups -OCH3 is 1. The Kier molecular flexibility index (Phi) is 6.74. The van der Waals surface area contributed by atoms with Gasteiger partial charge in [0.2, 0.25) is 5.91 Å². The van der Waals surface area contributed by atoms with Crippen LogP contribution in [0.3, 0.4) is 0 Å². The predicted octanol–water partition coefficient (Wildman–Crippen LogP) is 0.947. The number of hydrogen-bond donors (Lipinski definition) is 2. The molecule has 0 saturated heterocycles. The topological polar surface area (TPSA) is 110 Å². The molecule has 140 valence electrons. The van der Waals surface area contributed by atoms with Crippen LogP contribution in [-0.2, 0) is 16.1 Å². The second-order valence-electron chi connectivity index (χ2n) is 5.85. The van der Waals surface area contributed by atoms with Crippen molar-refractivity contribution in [1.82, 2.24) is 9.55 Å². The number of nitrogen functional groups attached to an aromatic ring is 1. The maximum absolute atomic E-state index is 12.5. The van der Waals surface area contributed by atoms with Crippen molar-refractivity contribution in [3.63, 3.8) is 0 Å². The molecule has 1 aromatic carbocycles. The highest BCUT2D eigenvalue weighted by atomic mass is 16.5. The number of amides is 1. The number of aromatic amines is 1. The number of nitrogens with one attached hydrogen (secondary N) is 1. The minimum absolute atomic E-state index is 0.0176. The Morgan fingerprint density at radius 3 is 2.58 bits per heavy atom. The van der Waals surface area contributed by atoms with Gasteiger partial charge in [0.1, 0.15) is 5.82 Å². The Bertz CT molecular complexity index is 858. The number of carbonyl (C=O) groups excluding carboxylic acids is 1. The van der Waals surface area contributed by atoms with Gasteiger partial charge in [-0.25, -0.2) is 4.79 Å². The second kappa shape index (κ2) is 9.00.